The van der Waals surface area contributed by atoms with Crippen molar-refractivity contribution in [1.82, 2.24) is 4.90 Å². The summed E-state index contributed by atoms with van der Waals surface area (Å²) in [5.74, 6) is 0.532. The molecular formula is C26H21ClN2O4. The van der Waals surface area contributed by atoms with Gasteiger partial charge in [0.2, 0.25) is 0 Å². The number of halogens is 1. The molecule has 0 N–H and O–H groups in total. The Morgan fingerprint density at radius 3 is 2.48 bits per heavy atom. The smallest absolute Gasteiger partial charge is 0.270 e. The molecule has 0 bridgehead atoms. The Balaban J connectivity index is 1.30. The van der Waals surface area contributed by atoms with Gasteiger partial charge in [0.25, 0.3) is 11.6 Å². The van der Waals surface area contributed by atoms with E-state index in [0.29, 0.717) is 25.9 Å². The fraction of sp³-hybridized carbons (Fsp3) is 0.192. The lowest BCUT2D eigenvalue weighted by atomic mass is 9.87. The van der Waals surface area contributed by atoms with Crippen molar-refractivity contribution < 1.29 is 14.5 Å². The van der Waals surface area contributed by atoms with Crippen molar-refractivity contribution in [1.29, 1.82) is 0 Å². The number of benzene rings is 3. The van der Waals surface area contributed by atoms with Crippen LogP contribution in [0.2, 0.25) is 5.02 Å². The van der Waals surface area contributed by atoms with E-state index in [0.717, 1.165) is 22.4 Å². The molecule has 7 heteroatoms. The summed E-state index contributed by atoms with van der Waals surface area (Å²) in [6, 6.07) is 20.3. The maximum atomic E-state index is 13.0. The van der Waals surface area contributed by atoms with Crippen molar-refractivity contribution in [3.8, 4) is 16.9 Å². The van der Waals surface area contributed by atoms with Gasteiger partial charge in [0.15, 0.2) is 0 Å². The van der Waals surface area contributed by atoms with E-state index in [2.05, 4.69) is 36.4 Å². The van der Waals surface area contributed by atoms with E-state index in [1.54, 1.807) is 4.90 Å². The molecule has 0 atom stereocenters. The number of ether oxygens (including phenoxy) is 1. The lowest BCUT2D eigenvalue weighted by Crippen LogP contribution is -2.49. The van der Waals surface area contributed by atoms with Gasteiger partial charge in [0.1, 0.15) is 11.4 Å². The monoisotopic (exact) mass is 460 g/mol. The van der Waals surface area contributed by atoms with Gasteiger partial charge in [-0.25, -0.2) is 0 Å². The van der Waals surface area contributed by atoms with Gasteiger partial charge in [-0.15, -0.1) is 0 Å². The molecule has 0 radical (unpaired) electrons. The summed E-state index contributed by atoms with van der Waals surface area (Å²) >= 11 is 6.16. The first-order valence-electron chi connectivity index (χ1n) is 10.8. The molecule has 0 aromatic heterocycles. The Kier molecular flexibility index (Phi) is 5.38. The number of piperidine rings is 1. The van der Waals surface area contributed by atoms with Crippen LogP contribution in [0.25, 0.3) is 17.2 Å². The number of carbonyl (C=O) groups is 1. The van der Waals surface area contributed by atoms with E-state index in [-0.39, 0.29) is 22.2 Å². The number of hydrogen-bond acceptors (Lipinski definition) is 4. The summed E-state index contributed by atoms with van der Waals surface area (Å²) < 4.78 is 6.42. The molecule has 5 rings (SSSR count). The number of amides is 1. The zero-order valence-corrected chi connectivity index (χ0v) is 18.5. The molecule has 1 saturated heterocycles. The molecule has 33 heavy (non-hydrogen) atoms. The number of fused-ring (bicyclic) bond motifs is 1. The molecule has 0 aliphatic carbocycles. The Labute approximate surface area is 196 Å². The second-order valence-corrected chi connectivity index (χ2v) is 8.74. The Hall–Kier alpha value is -3.64. The summed E-state index contributed by atoms with van der Waals surface area (Å²) in [5, 5.41) is 11.3. The summed E-state index contributed by atoms with van der Waals surface area (Å²) in [7, 11) is 0. The van der Waals surface area contributed by atoms with Crippen molar-refractivity contribution in [3.05, 3.63) is 99.1 Å². The van der Waals surface area contributed by atoms with Crippen LogP contribution >= 0.6 is 11.6 Å². The molecule has 2 heterocycles. The second-order valence-electron chi connectivity index (χ2n) is 8.33. The van der Waals surface area contributed by atoms with Crippen LogP contribution in [0.15, 0.2) is 72.8 Å². The average molecular weight is 461 g/mol. The summed E-state index contributed by atoms with van der Waals surface area (Å²) in [5.41, 5.74) is 2.85. The summed E-state index contributed by atoms with van der Waals surface area (Å²) in [6.07, 6.45) is 5.44. The molecule has 1 spiro atoms. The van der Waals surface area contributed by atoms with Gasteiger partial charge < -0.3 is 9.64 Å². The third kappa shape index (κ3) is 4.10. The fourth-order valence-corrected chi connectivity index (χ4v) is 4.59. The third-order valence-electron chi connectivity index (χ3n) is 6.28. The number of likely N-dealkylation sites (tertiary alicyclic amines) is 1. The highest BCUT2D eigenvalue weighted by atomic mass is 35.5. The normalized spacial score (nSPS) is 16.2. The number of non-ortho nitro benzene ring substituents is 1. The van der Waals surface area contributed by atoms with Crippen molar-refractivity contribution in [3.63, 3.8) is 0 Å². The molecule has 1 amide bonds. The number of carbonyl (C=O) groups excluding carboxylic acids is 1. The molecular weight excluding hydrogens is 440 g/mol. The van der Waals surface area contributed by atoms with E-state index in [4.69, 9.17) is 16.3 Å². The maximum Gasteiger partial charge on any atom is 0.270 e. The van der Waals surface area contributed by atoms with E-state index >= 15 is 0 Å². The number of nitrogens with zero attached hydrogens (tertiary/aromatic N) is 2. The quantitative estimate of drug-likeness (QED) is 0.355. The first-order valence-corrected chi connectivity index (χ1v) is 11.1. The molecule has 3 aromatic carbocycles. The minimum atomic E-state index is -0.528. The number of nitro benzene ring substituents is 1. The molecule has 2 aliphatic heterocycles. The number of hydrogen-bond donors (Lipinski definition) is 0. The Bertz CT molecular complexity index is 1260. The van der Waals surface area contributed by atoms with E-state index < -0.39 is 10.5 Å². The number of nitro groups is 1. The largest absolute Gasteiger partial charge is 0.482 e. The lowest BCUT2D eigenvalue weighted by molar-refractivity contribution is -0.384. The molecule has 0 saturated carbocycles. The zero-order chi connectivity index (χ0) is 23.0. The molecule has 0 unspecified atom stereocenters. The van der Waals surface area contributed by atoms with Gasteiger partial charge >= 0.3 is 0 Å². The van der Waals surface area contributed by atoms with Crippen LogP contribution in [0, 0.1) is 10.1 Å². The predicted molar refractivity (Wildman–Crippen MR) is 128 cm³/mol. The Morgan fingerprint density at radius 2 is 1.76 bits per heavy atom. The predicted octanol–water partition coefficient (Wildman–Crippen LogP) is 6.00. The van der Waals surface area contributed by atoms with E-state index in [1.165, 1.54) is 18.2 Å². The van der Waals surface area contributed by atoms with E-state index in [1.807, 2.05) is 24.3 Å². The van der Waals surface area contributed by atoms with Gasteiger partial charge in [-0.3, -0.25) is 14.9 Å². The Morgan fingerprint density at radius 1 is 1.00 bits per heavy atom. The number of rotatable bonds is 3. The summed E-state index contributed by atoms with van der Waals surface area (Å²) in [6.45, 7) is 0.944. The lowest BCUT2D eigenvalue weighted by Gasteiger charge is -2.42. The van der Waals surface area contributed by atoms with Crippen LogP contribution in [-0.2, 0) is 0 Å². The SMILES string of the molecule is O=C(c1cc([N+](=O)[O-])ccc1Cl)N1CCC2(C=Cc3cc(-c4ccccc4)ccc3O2)CC1. The van der Waals surface area contributed by atoms with Crippen LogP contribution in [0.5, 0.6) is 5.75 Å². The summed E-state index contributed by atoms with van der Waals surface area (Å²) in [4.78, 5) is 25.2. The van der Waals surface area contributed by atoms with Crippen LogP contribution < -0.4 is 4.74 Å². The van der Waals surface area contributed by atoms with Crippen molar-refractivity contribution >= 4 is 29.3 Å². The minimum Gasteiger partial charge on any atom is -0.482 e. The minimum absolute atomic E-state index is 0.152. The highest BCUT2D eigenvalue weighted by Gasteiger charge is 2.38. The highest BCUT2D eigenvalue weighted by Crippen LogP contribution is 2.39. The van der Waals surface area contributed by atoms with Crippen LogP contribution in [0.1, 0.15) is 28.8 Å². The van der Waals surface area contributed by atoms with Gasteiger partial charge in [0, 0.05) is 43.6 Å². The third-order valence-corrected chi connectivity index (χ3v) is 6.61. The topological polar surface area (TPSA) is 72.7 Å². The molecule has 1 fully saturated rings. The van der Waals surface area contributed by atoms with Gasteiger partial charge in [-0.1, -0.05) is 54.1 Å². The highest BCUT2D eigenvalue weighted by molar-refractivity contribution is 6.33. The first-order chi connectivity index (χ1) is 15.9. The van der Waals surface area contributed by atoms with Crippen molar-refractivity contribution in [2.75, 3.05) is 13.1 Å². The molecule has 166 valence electrons. The molecule has 3 aromatic rings. The van der Waals surface area contributed by atoms with Crippen LogP contribution in [0.3, 0.4) is 0 Å². The van der Waals surface area contributed by atoms with Gasteiger partial charge in [-0.2, -0.15) is 0 Å². The van der Waals surface area contributed by atoms with Crippen molar-refractivity contribution in [2.45, 2.75) is 18.4 Å². The van der Waals surface area contributed by atoms with E-state index in [9.17, 15) is 14.9 Å². The van der Waals surface area contributed by atoms with Crippen molar-refractivity contribution in [2.24, 2.45) is 0 Å². The fourth-order valence-electron chi connectivity index (χ4n) is 4.39. The second kappa shape index (κ2) is 8.37. The average Bonchev–Trinajstić information content (AvgIpc) is 2.84. The standard InChI is InChI=1S/C26H21ClN2O4/c27-23-8-7-21(29(31)32)17-22(23)25(30)28-14-12-26(13-15-28)11-10-20-16-19(6-9-24(20)33-26)18-4-2-1-3-5-18/h1-11,16-17H,12-15H2. The maximum absolute atomic E-state index is 13.0. The van der Waals surface area contributed by atoms with Crippen LogP contribution in [0.4, 0.5) is 5.69 Å². The molecule has 6 nitrogen and oxygen atoms in total. The van der Waals surface area contributed by atoms with Gasteiger partial charge in [-0.05, 0) is 35.4 Å². The first kappa shape index (κ1) is 21.2. The zero-order valence-electron chi connectivity index (χ0n) is 17.7. The van der Waals surface area contributed by atoms with Gasteiger partial charge in [0.05, 0.1) is 15.5 Å². The van der Waals surface area contributed by atoms with Crippen LogP contribution in [-0.4, -0.2) is 34.4 Å². The molecule has 2 aliphatic rings.